The number of hydrogen-bond acceptors (Lipinski definition) is 5. The Hall–Kier alpha value is -3.88. The summed E-state index contributed by atoms with van der Waals surface area (Å²) >= 11 is 0. The molecule has 36 heavy (non-hydrogen) atoms. The number of fused-ring (bicyclic) bond motifs is 3. The van der Waals surface area contributed by atoms with E-state index >= 15 is 0 Å². The summed E-state index contributed by atoms with van der Waals surface area (Å²) in [7, 11) is 0. The van der Waals surface area contributed by atoms with Gasteiger partial charge < -0.3 is 20.1 Å². The lowest BCUT2D eigenvalue weighted by atomic mass is 9.98. The minimum Gasteiger partial charge on any atom is -0.480 e. The number of aliphatic carboxylic acids is 1. The van der Waals surface area contributed by atoms with E-state index in [4.69, 9.17) is 9.84 Å². The van der Waals surface area contributed by atoms with Crippen LogP contribution in [0.25, 0.3) is 11.1 Å². The van der Waals surface area contributed by atoms with E-state index in [2.05, 4.69) is 29.6 Å². The van der Waals surface area contributed by atoms with Crippen LogP contribution in [-0.2, 0) is 19.1 Å². The number of nitrogens with zero attached hydrogens (tertiary/aromatic N) is 2. The first-order chi connectivity index (χ1) is 17.5. The second-order valence-corrected chi connectivity index (χ2v) is 9.46. The minimum absolute atomic E-state index is 0.0704. The van der Waals surface area contributed by atoms with Gasteiger partial charge in [-0.3, -0.25) is 19.3 Å². The first-order valence-electron chi connectivity index (χ1n) is 12.4. The third-order valence-electron chi connectivity index (χ3n) is 7.36. The highest BCUT2D eigenvalue weighted by Gasteiger charge is 2.43. The van der Waals surface area contributed by atoms with Gasteiger partial charge in [0, 0.05) is 19.0 Å². The number of carboxylic acids is 1. The molecule has 2 aromatic carbocycles. The van der Waals surface area contributed by atoms with E-state index in [1.165, 1.54) is 9.80 Å². The molecule has 0 radical (unpaired) electrons. The highest BCUT2D eigenvalue weighted by molar-refractivity contribution is 5.93. The molecule has 1 aliphatic carbocycles. The van der Waals surface area contributed by atoms with Crippen molar-refractivity contribution in [3.05, 3.63) is 59.7 Å². The molecule has 2 saturated heterocycles. The van der Waals surface area contributed by atoms with Crippen molar-refractivity contribution in [3.63, 3.8) is 0 Å². The molecule has 5 rings (SSSR count). The number of nitrogens with one attached hydrogen (secondary N) is 1. The van der Waals surface area contributed by atoms with E-state index in [1.807, 2.05) is 24.3 Å². The van der Waals surface area contributed by atoms with Crippen LogP contribution >= 0.6 is 0 Å². The Morgan fingerprint density at radius 1 is 0.861 bits per heavy atom. The summed E-state index contributed by atoms with van der Waals surface area (Å²) in [4.78, 5) is 52.7. The number of rotatable bonds is 6. The van der Waals surface area contributed by atoms with Gasteiger partial charge in [-0.2, -0.15) is 0 Å². The van der Waals surface area contributed by atoms with Crippen molar-refractivity contribution in [2.45, 2.75) is 43.7 Å². The van der Waals surface area contributed by atoms with Gasteiger partial charge in [0.2, 0.25) is 11.8 Å². The number of carboxylic acid groups (broad SMARTS) is 1. The molecule has 2 atom stereocenters. The molecule has 2 aliphatic heterocycles. The topological polar surface area (TPSA) is 116 Å². The Morgan fingerprint density at radius 2 is 1.44 bits per heavy atom. The van der Waals surface area contributed by atoms with Gasteiger partial charge in [0.1, 0.15) is 25.2 Å². The molecular weight excluding hydrogens is 462 g/mol. The number of benzene rings is 2. The largest absolute Gasteiger partial charge is 0.480 e. The van der Waals surface area contributed by atoms with Crippen molar-refractivity contribution in [2.24, 2.45) is 0 Å². The summed E-state index contributed by atoms with van der Waals surface area (Å²) in [5, 5.41) is 11.2. The number of carbonyl (C=O) groups is 4. The zero-order valence-corrected chi connectivity index (χ0v) is 19.9. The van der Waals surface area contributed by atoms with Crippen LogP contribution in [0.3, 0.4) is 0 Å². The van der Waals surface area contributed by atoms with Crippen molar-refractivity contribution in [1.82, 2.24) is 15.1 Å². The molecule has 0 unspecified atom stereocenters. The zero-order valence-electron chi connectivity index (χ0n) is 19.9. The predicted octanol–water partition coefficient (Wildman–Crippen LogP) is 2.59. The molecule has 3 aliphatic rings. The van der Waals surface area contributed by atoms with Crippen LogP contribution in [0.4, 0.5) is 4.79 Å². The molecule has 9 heteroatoms. The van der Waals surface area contributed by atoms with E-state index < -0.39 is 36.6 Å². The maximum atomic E-state index is 13.4. The fourth-order valence-corrected chi connectivity index (χ4v) is 5.69. The number of carbonyl (C=O) groups excluding carboxylic acids is 3. The molecule has 0 bridgehead atoms. The summed E-state index contributed by atoms with van der Waals surface area (Å²) in [6.45, 7) is 0.497. The van der Waals surface area contributed by atoms with Gasteiger partial charge in [0.15, 0.2) is 0 Å². The van der Waals surface area contributed by atoms with Crippen molar-refractivity contribution in [1.29, 1.82) is 0 Å². The summed E-state index contributed by atoms with van der Waals surface area (Å²) in [5.74, 6) is -1.97. The molecular formula is C27H29N3O6. The van der Waals surface area contributed by atoms with E-state index in [-0.39, 0.29) is 18.4 Å². The molecule has 188 valence electrons. The fourth-order valence-electron chi connectivity index (χ4n) is 5.69. The van der Waals surface area contributed by atoms with Crippen molar-refractivity contribution >= 4 is 23.9 Å². The third kappa shape index (κ3) is 4.41. The van der Waals surface area contributed by atoms with Gasteiger partial charge in [0.25, 0.3) is 0 Å². The van der Waals surface area contributed by atoms with Gasteiger partial charge in [-0.05, 0) is 47.9 Å². The zero-order chi connectivity index (χ0) is 25.2. The molecule has 2 heterocycles. The molecule has 2 N–H and O–H groups in total. The van der Waals surface area contributed by atoms with Crippen LogP contribution in [0.15, 0.2) is 48.5 Å². The van der Waals surface area contributed by atoms with Crippen LogP contribution in [-0.4, -0.2) is 77.1 Å². The summed E-state index contributed by atoms with van der Waals surface area (Å²) < 4.78 is 5.78. The Bertz CT molecular complexity index is 1150. The van der Waals surface area contributed by atoms with E-state index in [1.54, 1.807) is 0 Å². The lowest BCUT2D eigenvalue weighted by Gasteiger charge is -2.30. The number of amides is 3. The highest BCUT2D eigenvalue weighted by Crippen LogP contribution is 2.44. The Kier molecular flexibility index (Phi) is 6.63. The van der Waals surface area contributed by atoms with E-state index in [0.29, 0.717) is 38.8 Å². The molecule has 9 nitrogen and oxygen atoms in total. The molecule has 0 spiro atoms. The Balaban J connectivity index is 1.25. The van der Waals surface area contributed by atoms with E-state index in [0.717, 1.165) is 22.3 Å². The van der Waals surface area contributed by atoms with Crippen LogP contribution in [0.5, 0.6) is 0 Å². The van der Waals surface area contributed by atoms with Crippen LogP contribution < -0.4 is 5.32 Å². The first kappa shape index (κ1) is 23.8. The van der Waals surface area contributed by atoms with Gasteiger partial charge in [-0.25, -0.2) is 4.79 Å². The van der Waals surface area contributed by atoms with Gasteiger partial charge in [-0.1, -0.05) is 48.5 Å². The lowest BCUT2D eigenvalue weighted by Crippen LogP contribution is -2.53. The van der Waals surface area contributed by atoms with E-state index in [9.17, 15) is 19.2 Å². The predicted molar refractivity (Wildman–Crippen MR) is 130 cm³/mol. The normalized spacial score (nSPS) is 20.7. The van der Waals surface area contributed by atoms with Crippen LogP contribution in [0.1, 0.15) is 42.7 Å². The average Bonchev–Trinajstić information content (AvgIpc) is 3.63. The Morgan fingerprint density at radius 3 is 2.08 bits per heavy atom. The van der Waals surface area contributed by atoms with Crippen molar-refractivity contribution < 1.29 is 29.0 Å². The second kappa shape index (κ2) is 10.0. The smallest absolute Gasteiger partial charge is 0.410 e. The number of ether oxygens (including phenoxy) is 1. The number of likely N-dealkylation sites (tertiary alicyclic amines) is 2. The maximum Gasteiger partial charge on any atom is 0.410 e. The molecule has 2 aromatic rings. The molecule has 0 aromatic heterocycles. The van der Waals surface area contributed by atoms with Gasteiger partial charge in [-0.15, -0.1) is 0 Å². The van der Waals surface area contributed by atoms with Gasteiger partial charge >= 0.3 is 12.1 Å². The van der Waals surface area contributed by atoms with Gasteiger partial charge in [0.05, 0.1) is 0 Å². The molecule has 2 fully saturated rings. The summed E-state index contributed by atoms with van der Waals surface area (Å²) in [6.07, 6.45) is 1.76. The van der Waals surface area contributed by atoms with Crippen molar-refractivity contribution in [3.8, 4) is 11.1 Å². The van der Waals surface area contributed by atoms with Crippen molar-refractivity contribution in [2.75, 3.05) is 26.2 Å². The SMILES string of the molecule is O=C(O)CNC(=O)[C@@H]1CCCN1C(=O)[C@@H]1CCCN1C(=O)OCC1c2ccccc2-c2ccccc21. The first-order valence-corrected chi connectivity index (χ1v) is 12.4. The summed E-state index contributed by atoms with van der Waals surface area (Å²) in [6, 6.07) is 14.8. The maximum absolute atomic E-state index is 13.4. The highest BCUT2D eigenvalue weighted by atomic mass is 16.6. The summed E-state index contributed by atoms with van der Waals surface area (Å²) in [5.41, 5.74) is 4.52. The van der Waals surface area contributed by atoms with Crippen LogP contribution in [0, 0.1) is 0 Å². The number of hydrogen-bond donors (Lipinski definition) is 2. The molecule has 0 saturated carbocycles. The second-order valence-electron chi connectivity index (χ2n) is 9.46. The Labute approximate surface area is 209 Å². The minimum atomic E-state index is -1.14. The average molecular weight is 492 g/mol. The monoisotopic (exact) mass is 491 g/mol. The lowest BCUT2D eigenvalue weighted by molar-refractivity contribution is -0.142. The fraction of sp³-hybridized carbons (Fsp3) is 0.407. The quantitative estimate of drug-likeness (QED) is 0.642. The molecule has 3 amide bonds. The standard InChI is InChI=1S/C27H29N3O6/c31-24(32)15-28-25(33)22-11-5-13-29(22)26(34)23-12-6-14-30(23)27(35)36-16-21-19-9-3-1-7-17(19)18-8-2-4-10-20(18)21/h1-4,7-10,21-23H,5-6,11-16H2,(H,28,33)(H,31,32)/t22-,23-/m0/s1. The van der Waals surface area contributed by atoms with Crippen LogP contribution in [0.2, 0.25) is 0 Å². The third-order valence-corrected chi connectivity index (χ3v) is 7.36.